The number of ether oxygens (including phenoxy) is 1. The van der Waals surface area contributed by atoms with Crippen LogP contribution in [0.4, 0.5) is 0 Å². The third-order valence-corrected chi connectivity index (χ3v) is 5.55. The van der Waals surface area contributed by atoms with E-state index in [-0.39, 0.29) is 0 Å². The zero-order valence-corrected chi connectivity index (χ0v) is 12.4. The monoisotopic (exact) mass is 277 g/mol. The van der Waals surface area contributed by atoms with Gasteiger partial charge in [-0.3, -0.25) is 0 Å². The van der Waals surface area contributed by atoms with Gasteiger partial charge in [-0.25, -0.2) is 0 Å². The van der Waals surface area contributed by atoms with E-state index in [1.807, 2.05) is 11.8 Å². The van der Waals surface area contributed by atoms with Gasteiger partial charge in [0.1, 0.15) is 5.75 Å². The highest BCUT2D eigenvalue weighted by molar-refractivity contribution is 7.99. The van der Waals surface area contributed by atoms with Gasteiger partial charge in [-0.05, 0) is 25.2 Å². The van der Waals surface area contributed by atoms with Gasteiger partial charge < -0.3 is 10.1 Å². The van der Waals surface area contributed by atoms with E-state index in [2.05, 4.69) is 35.8 Å². The number of hydrogen-bond acceptors (Lipinski definition) is 3. The molecule has 0 spiro atoms. The molecule has 1 aliphatic carbocycles. The van der Waals surface area contributed by atoms with Crippen molar-refractivity contribution in [3.63, 3.8) is 0 Å². The minimum Gasteiger partial charge on any atom is -0.493 e. The standard InChI is InChI=1S/C16H23NOS/c1-19-16-9-5-3-7-14(16)17-13-10-11-18-15-8-4-2-6-12(13)15/h2,4,6,8,13-14,16-17H,3,5,7,9-11H2,1H3. The highest BCUT2D eigenvalue weighted by Gasteiger charge is 2.29. The van der Waals surface area contributed by atoms with Gasteiger partial charge >= 0.3 is 0 Å². The molecule has 3 rings (SSSR count). The van der Waals surface area contributed by atoms with Crippen molar-refractivity contribution in [2.45, 2.75) is 49.4 Å². The van der Waals surface area contributed by atoms with Gasteiger partial charge in [0.05, 0.1) is 6.61 Å². The second-order valence-corrected chi connectivity index (χ2v) is 6.64. The maximum absolute atomic E-state index is 5.75. The number of para-hydroxylation sites is 1. The van der Waals surface area contributed by atoms with Crippen LogP contribution in [0.3, 0.4) is 0 Å². The van der Waals surface area contributed by atoms with Crippen LogP contribution in [0, 0.1) is 0 Å². The Labute approximate surface area is 120 Å². The van der Waals surface area contributed by atoms with Crippen LogP contribution in [0.5, 0.6) is 5.75 Å². The summed E-state index contributed by atoms with van der Waals surface area (Å²) in [6.07, 6.45) is 8.81. The van der Waals surface area contributed by atoms with E-state index in [1.165, 1.54) is 31.2 Å². The third-order valence-electron chi connectivity index (χ3n) is 4.38. The van der Waals surface area contributed by atoms with Crippen LogP contribution >= 0.6 is 11.8 Å². The first-order valence-electron chi connectivity index (χ1n) is 7.39. The van der Waals surface area contributed by atoms with E-state index >= 15 is 0 Å². The van der Waals surface area contributed by atoms with Crippen LogP contribution < -0.4 is 10.1 Å². The Balaban J connectivity index is 1.73. The Kier molecular flexibility index (Phi) is 4.34. The first-order valence-corrected chi connectivity index (χ1v) is 8.68. The fourth-order valence-corrected chi connectivity index (χ4v) is 4.29. The molecule has 1 heterocycles. The van der Waals surface area contributed by atoms with Gasteiger partial charge in [-0.2, -0.15) is 11.8 Å². The van der Waals surface area contributed by atoms with Crippen LogP contribution in [-0.2, 0) is 0 Å². The van der Waals surface area contributed by atoms with Crippen LogP contribution in [-0.4, -0.2) is 24.2 Å². The maximum Gasteiger partial charge on any atom is 0.124 e. The summed E-state index contributed by atoms with van der Waals surface area (Å²) in [5, 5.41) is 4.70. The molecule has 0 saturated heterocycles. The molecule has 1 saturated carbocycles. The first kappa shape index (κ1) is 13.3. The summed E-state index contributed by atoms with van der Waals surface area (Å²) in [7, 11) is 0. The van der Waals surface area contributed by atoms with E-state index in [1.54, 1.807) is 0 Å². The first-order chi connectivity index (χ1) is 9.38. The SMILES string of the molecule is CSC1CCCCC1NC1CCOc2ccccc21. The van der Waals surface area contributed by atoms with Crippen molar-refractivity contribution in [2.75, 3.05) is 12.9 Å². The Morgan fingerprint density at radius 3 is 2.89 bits per heavy atom. The van der Waals surface area contributed by atoms with Gasteiger partial charge in [-0.15, -0.1) is 0 Å². The molecule has 1 aliphatic heterocycles. The second-order valence-electron chi connectivity index (χ2n) is 5.56. The quantitative estimate of drug-likeness (QED) is 0.908. The molecule has 3 atom stereocenters. The lowest BCUT2D eigenvalue weighted by Gasteiger charge is -2.36. The molecule has 19 heavy (non-hydrogen) atoms. The zero-order chi connectivity index (χ0) is 13.1. The van der Waals surface area contributed by atoms with Gasteiger partial charge in [0.15, 0.2) is 0 Å². The Bertz CT molecular complexity index is 423. The summed E-state index contributed by atoms with van der Waals surface area (Å²) >= 11 is 2.03. The second kappa shape index (κ2) is 6.19. The average Bonchev–Trinajstić information content (AvgIpc) is 2.48. The Morgan fingerprint density at radius 1 is 1.16 bits per heavy atom. The normalized spacial score (nSPS) is 30.5. The number of benzene rings is 1. The number of fused-ring (bicyclic) bond motifs is 1. The minimum absolute atomic E-state index is 0.475. The Morgan fingerprint density at radius 2 is 2.00 bits per heavy atom. The summed E-state index contributed by atoms with van der Waals surface area (Å²) in [6, 6.07) is 9.63. The molecule has 104 valence electrons. The molecular formula is C16H23NOS. The van der Waals surface area contributed by atoms with E-state index in [0.717, 1.165) is 24.0 Å². The highest BCUT2D eigenvalue weighted by Crippen LogP contribution is 2.34. The lowest BCUT2D eigenvalue weighted by Crippen LogP contribution is -2.43. The van der Waals surface area contributed by atoms with Crippen molar-refractivity contribution in [1.29, 1.82) is 0 Å². The van der Waals surface area contributed by atoms with Crippen LogP contribution in [0.25, 0.3) is 0 Å². The molecule has 0 amide bonds. The van der Waals surface area contributed by atoms with Crippen molar-refractivity contribution < 1.29 is 4.74 Å². The predicted octanol–water partition coefficient (Wildman–Crippen LogP) is 3.77. The van der Waals surface area contributed by atoms with E-state index in [0.29, 0.717) is 12.1 Å². The summed E-state index contributed by atoms with van der Waals surface area (Å²) in [6.45, 7) is 0.839. The summed E-state index contributed by atoms with van der Waals surface area (Å²) < 4.78 is 5.75. The summed E-state index contributed by atoms with van der Waals surface area (Å²) in [4.78, 5) is 0. The number of thioether (sulfide) groups is 1. The number of nitrogens with one attached hydrogen (secondary N) is 1. The summed E-state index contributed by atoms with van der Waals surface area (Å²) in [5.41, 5.74) is 1.35. The van der Waals surface area contributed by atoms with E-state index < -0.39 is 0 Å². The fraction of sp³-hybridized carbons (Fsp3) is 0.625. The Hall–Kier alpha value is -0.670. The van der Waals surface area contributed by atoms with Crippen molar-refractivity contribution >= 4 is 11.8 Å². The predicted molar refractivity (Wildman–Crippen MR) is 82.0 cm³/mol. The average molecular weight is 277 g/mol. The molecule has 2 aliphatic rings. The third kappa shape index (κ3) is 2.92. The molecule has 3 heteroatoms. The van der Waals surface area contributed by atoms with Crippen molar-refractivity contribution in [1.82, 2.24) is 5.32 Å². The molecule has 0 aromatic heterocycles. The highest BCUT2D eigenvalue weighted by atomic mass is 32.2. The van der Waals surface area contributed by atoms with Crippen molar-refractivity contribution in [3.05, 3.63) is 29.8 Å². The molecule has 1 fully saturated rings. The molecule has 1 aromatic carbocycles. The topological polar surface area (TPSA) is 21.3 Å². The largest absolute Gasteiger partial charge is 0.493 e. The lowest BCUT2D eigenvalue weighted by molar-refractivity contribution is 0.234. The number of hydrogen-bond donors (Lipinski definition) is 1. The van der Waals surface area contributed by atoms with Gasteiger partial charge in [0.2, 0.25) is 0 Å². The van der Waals surface area contributed by atoms with Gasteiger partial charge in [-0.1, -0.05) is 31.0 Å². The number of rotatable bonds is 3. The minimum atomic E-state index is 0.475. The van der Waals surface area contributed by atoms with Crippen LogP contribution in [0.1, 0.15) is 43.7 Å². The molecular weight excluding hydrogens is 254 g/mol. The summed E-state index contributed by atoms with van der Waals surface area (Å²) in [5.74, 6) is 1.07. The molecule has 1 aromatic rings. The molecule has 2 nitrogen and oxygen atoms in total. The van der Waals surface area contributed by atoms with E-state index in [4.69, 9.17) is 4.74 Å². The molecule has 0 radical (unpaired) electrons. The molecule has 1 N–H and O–H groups in total. The van der Waals surface area contributed by atoms with Crippen molar-refractivity contribution in [2.24, 2.45) is 0 Å². The smallest absolute Gasteiger partial charge is 0.124 e. The molecule has 0 bridgehead atoms. The van der Waals surface area contributed by atoms with Crippen molar-refractivity contribution in [3.8, 4) is 5.75 Å². The van der Waals surface area contributed by atoms with Gasteiger partial charge in [0.25, 0.3) is 0 Å². The molecule has 3 unspecified atom stereocenters. The fourth-order valence-electron chi connectivity index (χ4n) is 3.34. The lowest BCUT2D eigenvalue weighted by atomic mass is 9.92. The van der Waals surface area contributed by atoms with Crippen LogP contribution in [0.15, 0.2) is 24.3 Å². The zero-order valence-electron chi connectivity index (χ0n) is 11.6. The van der Waals surface area contributed by atoms with Crippen LogP contribution in [0.2, 0.25) is 0 Å². The van der Waals surface area contributed by atoms with E-state index in [9.17, 15) is 0 Å². The maximum atomic E-state index is 5.75. The van der Waals surface area contributed by atoms with Gasteiger partial charge in [0, 0.05) is 29.3 Å².